The molecule has 0 aliphatic carbocycles. The molecule has 6 heteroatoms. The quantitative estimate of drug-likeness (QED) is 0.844. The molecule has 0 saturated carbocycles. The second kappa shape index (κ2) is 4.79. The van der Waals surface area contributed by atoms with Gasteiger partial charge in [-0.3, -0.25) is 9.36 Å². The number of alkyl halides is 3. The van der Waals surface area contributed by atoms with E-state index in [4.69, 9.17) is 9.60 Å². The van der Waals surface area contributed by atoms with Crippen molar-refractivity contribution in [3.8, 4) is 11.4 Å². The molecular formula is C13H10F3NO2. The third-order valence-electron chi connectivity index (χ3n) is 2.17. The Kier molecular flexibility index (Phi) is 1.71. The Labute approximate surface area is 116 Å². The number of nitrogens with zero attached hydrogens (tertiary/aromatic N) is 1. The summed E-state index contributed by atoms with van der Waals surface area (Å²) in [6.45, 7) is 0. The maximum absolute atomic E-state index is 12.9. The summed E-state index contributed by atoms with van der Waals surface area (Å²) in [5.41, 5.74) is -3.02. The first-order valence-electron chi connectivity index (χ1n) is 8.33. The van der Waals surface area contributed by atoms with E-state index in [0.29, 0.717) is 22.9 Å². The van der Waals surface area contributed by atoms with Crippen molar-refractivity contribution in [2.75, 3.05) is 7.04 Å². The SMILES string of the molecule is [2H]c1c([2H])c(-n2cc(C(F)(F)F)ccc2=O)c([2H])c([2H])c1OC([2H])([2H])[2H]. The van der Waals surface area contributed by atoms with Crippen LogP contribution in [0.1, 0.15) is 15.2 Å². The van der Waals surface area contributed by atoms with Gasteiger partial charge < -0.3 is 4.74 Å². The molecular weight excluding hydrogens is 259 g/mol. The summed E-state index contributed by atoms with van der Waals surface area (Å²) in [5, 5.41) is 0. The van der Waals surface area contributed by atoms with E-state index in [1.807, 2.05) is 0 Å². The van der Waals surface area contributed by atoms with Gasteiger partial charge in [0.1, 0.15) is 5.75 Å². The van der Waals surface area contributed by atoms with E-state index in [9.17, 15) is 18.0 Å². The van der Waals surface area contributed by atoms with Crippen LogP contribution in [0.5, 0.6) is 5.75 Å². The first kappa shape index (κ1) is 6.79. The minimum atomic E-state index is -4.81. The highest BCUT2D eigenvalue weighted by Gasteiger charge is 2.31. The fourth-order valence-corrected chi connectivity index (χ4v) is 1.30. The van der Waals surface area contributed by atoms with E-state index in [2.05, 4.69) is 4.74 Å². The number of halogens is 3. The molecule has 100 valence electrons. The van der Waals surface area contributed by atoms with E-state index in [1.54, 1.807) is 0 Å². The van der Waals surface area contributed by atoms with Crippen molar-refractivity contribution in [3.05, 3.63) is 58.4 Å². The van der Waals surface area contributed by atoms with Gasteiger partial charge in [0.05, 0.1) is 22.2 Å². The Morgan fingerprint density at radius 3 is 2.53 bits per heavy atom. The fourth-order valence-electron chi connectivity index (χ4n) is 1.30. The highest BCUT2D eigenvalue weighted by atomic mass is 19.4. The molecule has 1 aromatic heterocycles. The molecule has 0 spiro atoms. The molecule has 0 atom stereocenters. The van der Waals surface area contributed by atoms with Crippen LogP contribution in [-0.4, -0.2) is 11.6 Å². The molecule has 0 aliphatic rings. The molecule has 0 bridgehead atoms. The third kappa shape index (κ3) is 2.78. The minimum Gasteiger partial charge on any atom is -0.497 e. The average Bonchev–Trinajstić information content (AvgIpc) is 2.49. The van der Waals surface area contributed by atoms with Crippen molar-refractivity contribution in [2.45, 2.75) is 6.18 Å². The maximum atomic E-state index is 12.9. The van der Waals surface area contributed by atoms with Crippen molar-refractivity contribution in [3.63, 3.8) is 0 Å². The van der Waals surface area contributed by atoms with E-state index in [0.717, 1.165) is 0 Å². The summed E-state index contributed by atoms with van der Waals surface area (Å²) in [6, 6.07) is -2.65. The van der Waals surface area contributed by atoms with Crippen LogP contribution in [0.2, 0.25) is 0 Å². The molecule has 0 fully saturated rings. The largest absolute Gasteiger partial charge is 0.497 e. The zero-order valence-corrected chi connectivity index (χ0v) is 9.13. The zero-order valence-electron chi connectivity index (χ0n) is 16.1. The van der Waals surface area contributed by atoms with E-state index in [1.165, 1.54) is 0 Å². The number of methoxy groups -OCH3 is 1. The summed E-state index contributed by atoms with van der Waals surface area (Å²) >= 11 is 0. The number of pyridine rings is 1. The van der Waals surface area contributed by atoms with Gasteiger partial charge >= 0.3 is 6.18 Å². The lowest BCUT2D eigenvalue weighted by atomic mass is 10.2. The van der Waals surface area contributed by atoms with Crippen molar-refractivity contribution >= 4 is 0 Å². The fraction of sp³-hybridized carbons (Fsp3) is 0.154. The van der Waals surface area contributed by atoms with Gasteiger partial charge in [0.2, 0.25) is 0 Å². The van der Waals surface area contributed by atoms with Crippen molar-refractivity contribution in [2.24, 2.45) is 0 Å². The predicted molar refractivity (Wildman–Crippen MR) is 63.6 cm³/mol. The minimum absolute atomic E-state index is 0.322. The molecule has 2 aromatic rings. The van der Waals surface area contributed by atoms with Gasteiger partial charge in [-0.25, -0.2) is 0 Å². The Hall–Kier alpha value is -2.24. The Balaban J connectivity index is 2.79. The molecule has 0 saturated heterocycles. The van der Waals surface area contributed by atoms with Crippen molar-refractivity contribution in [1.82, 2.24) is 4.57 Å². The second-order valence-corrected chi connectivity index (χ2v) is 3.40. The van der Waals surface area contributed by atoms with Gasteiger partial charge in [-0.05, 0) is 30.2 Å². The number of hydrogen-bond donors (Lipinski definition) is 0. The lowest BCUT2D eigenvalue weighted by Gasteiger charge is -2.11. The lowest BCUT2D eigenvalue weighted by molar-refractivity contribution is -0.138. The Bertz CT molecular complexity index is 893. The second-order valence-electron chi connectivity index (χ2n) is 3.40. The topological polar surface area (TPSA) is 31.2 Å². The third-order valence-corrected chi connectivity index (χ3v) is 2.17. The highest BCUT2D eigenvalue weighted by molar-refractivity contribution is 5.38. The van der Waals surface area contributed by atoms with Gasteiger partial charge in [0.25, 0.3) is 5.56 Å². The normalized spacial score (nSPS) is 17.3. The van der Waals surface area contributed by atoms with Crippen LogP contribution in [0.4, 0.5) is 13.2 Å². The summed E-state index contributed by atoms with van der Waals surface area (Å²) < 4.78 is 95.5. The van der Waals surface area contributed by atoms with Crippen molar-refractivity contribution < 1.29 is 27.5 Å². The number of aromatic nitrogens is 1. The molecule has 19 heavy (non-hydrogen) atoms. The number of ether oxygens (including phenoxy) is 1. The first-order valence-corrected chi connectivity index (χ1v) is 4.83. The van der Waals surface area contributed by atoms with Crippen LogP contribution in [-0.2, 0) is 6.18 Å². The van der Waals surface area contributed by atoms with Gasteiger partial charge in [0.15, 0.2) is 0 Å². The average molecular weight is 276 g/mol. The van der Waals surface area contributed by atoms with Gasteiger partial charge in [0, 0.05) is 18.0 Å². The summed E-state index contributed by atoms with van der Waals surface area (Å²) in [7, 11) is -3.07. The molecule has 0 unspecified atom stereocenters. The van der Waals surface area contributed by atoms with Gasteiger partial charge in [-0.15, -0.1) is 0 Å². The summed E-state index contributed by atoms with van der Waals surface area (Å²) in [6.07, 6.45) is -4.46. The van der Waals surface area contributed by atoms with Crippen LogP contribution in [0.15, 0.2) is 47.3 Å². The molecule has 0 amide bonds. The van der Waals surface area contributed by atoms with Crippen LogP contribution in [0.25, 0.3) is 5.69 Å². The zero-order chi connectivity index (χ0) is 20.0. The maximum Gasteiger partial charge on any atom is 0.417 e. The summed E-state index contributed by atoms with van der Waals surface area (Å²) in [4.78, 5) is 11.9. The first-order chi connectivity index (χ1) is 11.7. The molecule has 0 N–H and O–H groups in total. The smallest absolute Gasteiger partial charge is 0.417 e. The standard InChI is InChI=1S/C13H10F3NO2/c1-19-11-5-3-10(4-6-11)17-8-9(13(14,15)16)2-7-12(17)18/h2-8H,1H3/i1D3,3D,4D,5D,6D. The highest BCUT2D eigenvalue weighted by Crippen LogP contribution is 2.28. The van der Waals surface area contributed by atoms with Crippen LogP contribution < -0.4 is 10.3 Å². The van der Waals surface area contributed by atoms with E-state index >= 15 is 0 Å². The molecule has 0 aliphatic heterocycles. The van der Waals surface area contributed by atoms with Crippen LogP contribution in [0.3, 0.4) is 0 Å². The molecule has 2 rings (SSSR count). The summed E-state index contributed by atoms with van der Waals surface area (Å²) in [5.74, 6) is -0.899. The monoisotopic (exact) mass is 276 g/mol. The predicted octanol–water partition coefficient (Wildman–Crippen LogP) is 2.86. The molecule has 0 radical (unpaired) electrons. The van der Waals surface area contributed by atoms with Gasteiger partial charge in [-0.1, -0.05) is 0 Å². The molecule has 1 aromatic carbocycles. The lowest BCUT2D eigenvalue weighted by Crippen LogP contribution is -2.19. The number of hydrogen-bond acceptors (Lipinski definition) is 2. The molecule has 3 nitrogen and oxygen atoms in total. The van der Waals surface area contributed by atoms with Crippen molar-refractivity contribution in [1.29, 1.82) is 0 Å². The van der Waals surface area contributed by atoms with E-state index in [-0.39, 0.29) is 0 Å². The molecule has 1 heterocycles. The Morgan fingerprint density at radius 2 is 1.95 bits per heavy atom. The van der Waals surface area contributed by atoms with E-state index < -0.39 is 59.9 Å². The Morgan fingerprint density at radius 1 is 1.26 bits per heavy atom. The number of benzene rings is 1. The van der Waals surface area contributed by atoms with Crippen LogP contribution in [0, 0.1) is 0 Å². The number of rotatable bonds is 2. The van der Waals surface area contributed by atoms with Gasteiger partial charge in [-0.2, -0.15) is 13.2 Å². The van der Waals surface area contributed by atoms with Crippen LogP contribution >= 0.6 is 0 Å².